The molecule has 3 N–H and O–H groups in total. The summed E-state index contributed by atoms with van der Waals surface area (Å²) >= 11 is 0.975. The predicted octanol–water partition coefficient (Wildman–Crippen LogP) is 2.93. The fourth-order valence-electron chi connectivity index (χ4n) is 2.71. The van der Waals surface area contributed by atoms with Gasteiger partial charge < -0.3 is 15.8 Å². The van der Waals surface area contributed by atoms with Gasteiger partial charge in [0, 0.05) is 31.3 Å². The number of amides is 1. The first-order chi connectivity index (χ1) is 14.8. The number of alkyl halides is 1. The van der Waals surface area contributed by atoms with Gasteiger partial charge in [-0.25, -0.2) is 18.2 Å². The van der Waals surface area contributed by atoms with Gasteiger partial charge in [-0.1, -0.05) is 0 Å². The zero-order valence-corrected chi connectivity index (χ0v) is 17.4. The first-order valence-corrected chi connectivity index (χ1v) is 10.3. The Morgan fingerprint density at radius 1 is 1.32 bits per heavy atom. The number of carbonyl (C=O) groups excluding carboxylic acids is 1. The molecule has 2 atom stereocenters. The number of nitrogens with zero attached hydrogens (tertiary/aromatic N) is 4. The molecule has 0 saturated carbocycles. The average Bonchev–Trinajstić information content (AvgIpc) is 3.32. The molecule has 0 aromatic carbocycles. The maximum Gasteiger partial charge on any atom is 0.275 e. The van der Waals surface area contributed by atoms with Crippen molar-refractivity contribution in [1.29, 1.82) is 0 Å². The van der Waals surface area contributed by atoms with Gasteiger partial charge in [0.25, 0.3) is 5.91 Å². The van der Waals surface area contributed by atoms with Crippen LogP contribution in [0.4, 0.5) is 18.9 Å². The molecule has 0 aliphatic carbocycles. The van der Waals surface area contributed by atoms with Gasteiger partial charge in [0.15, 0.2) is 11.6 Å². The van der Waals surface area contributed by atoms with Gasteiger partial charge in [0.05, 0.1) is 36.4 Å². The molecule has 4 rings (SSSR count). The summed E-state index contributed by atoms with van der Waals surface area (Å²) in [5.41, 5.74) is 5.70. The lowest BCUT2D eigenvalue weighted by molar-refractivity contribution is 0.0923. The molecule has 0 spiro atoms. The van der Waals surface area contributed by atoms with Crippen molar-refractivity contribution in [2.75, 3.05) is 18.5 Å². The summed E-state index contributed by atoms with van der Waals surface area (Å²) in [6.07, 6.45) is 5.58. The number of anilines is 1. The maximum atomic E-state index is 13.6. The molecule has 31 heavy (non-hydrogen) atoms. The first kappa shape index (κ1) is 22.8. The molecule has 166 valence electrons. The van der Waals surface area contributed by atoms with E-state index < -0.39 is 23.7 Å². The zero-order chi connectivity index (χ0) is 22.4. The minimum Gasteiger partial charge on any atom is -0.378 e. The van der Waals surface area contributed by atoms with Crippen molar-refractivity contribution in [2.24, 2.45) is 12.8 Å². The minimum absolute atomic E-state index is 0.0689. The topological polar surface area (TPSA) is 108 Å². The van der Waals surface area contributed by atoms with Crippen molar-refractivity contribution in [3.8, 4) is 10.6 Å². The molecule has 1 amide bonds. The van der Waals surface area contributed by atoms with E-state index in [1.165, 1.54) is 16.3 Å². The number of aromatic nitrogens is 4. The molecule has 1 saturated heterocycles. The van der Waals surface area contributed by atoms with Crippen molar-refractivity contribution >= 4 is 22.9 Å². The SMILES string of the molecule is Cn1cc(NC(=O)c2csc(-c3c(F)cncc3F)n2)cn1.NC1CCCOCC1F. The Bertz CT molecular complexity index is 997. The lowest BCUT2D eigenvalue weighted by Gasteiger charge is -2.10. The van der Waals surface area contributed by atoms with Crippen LogP contribution in [0.1, 0.15) is 23.3 Å². The molecule has 12 heteroatoms. The second-order valence-electron chi connectivity index (χ2n) is 6.77. The fraction of sp³-hybridized carbons (Fsp3) is 0.368. The van der Waals surface area contributed by atoms with Crippen LogP contribution in [0.2, 0.25) is 0 Å². The average molecular weight is 454 g/mol. The number of hydrogen-bond acceptors (Lipinski definition) is 7. The number of ether oxygens (including phenoxy) is 1. The van der Waals surface area contributed by atoms with Gasteiger partial charge in [-0.2, -0.15) is 5.10 Å². The summed E-state index contributed by atoms with van der Waals surface area (Å²) in [5, 5.41) is 8.02. The predicted molar refractivity (Wildman–Crippen MR) is 109 cm³/mol. The van der Waals surface area contributed by atoms with E-state index in [-0.39, 0.29) is 28.9 Å². The molecule has 3 aromatic rings. The van der Waals surface area contributed by atoms with E-state index in [4.69, 9.17) is 10.5 Å². The number of pyridine rings is 1. The van der Waals surface area contributed by atoms with Crippen molar-refractivity contribution in [3.05, 3.63) is 47.5 Å². The third-order valence-electron chi connectivity index (χ3n) is 4.33. The molecule has 2 unspecified atom stereocenters. The number of hydrogen-bond donors (Lipinski definition) is 2. The molecule has 0 radical (unpaired) electrons. The first-order valence-electron chi connectivity index (χ1n) is 9.37. The Hall–Kier alpha value is -2.83. The van der Waals surface area contributed by atoms with E-state index in [9.17, 15) is 18.0 Å². The highest BCUT2D eigenvalue weighted by molar-refractivity contribution is 7.13. The number of rotatable bonds is 3. The minimum atomic E-state index is -0.951. The fourth-order valence-corrected chi connectivity index (χ4v) is 3.56. The van der Waals surface area contributed by atoms with Crippen molar-refractivity contribution < 1.29 is 22.7 Å². The number of aryl methyl sites for hydroxylation is 1. The van der Waals surface area contributed by atoms with Crippen LogP contribution in [0.15, 0.2) is 30.2 Å². The Balaban J connectivity index is 0.000000254. The molecule has 4 heterocycles. The lowest BCUT2D eigenvalue weighted by atomic mass is 10.1. The van der Waals surface area contributed by atoms with Crippen LogP contribution in [0, 0.1) is 11.6 Å². The molecule has 0 bridgehead atoms. The van der Waals surface area contributed by atoms with Crippen LogP contribution in [0.3, 0.4) is 0 Å². The third kappa shape index (κ3) is 6.09. The van der Waals surface area contributed by atoms with E-state index in [1.807, 2.05) is 0 Å². The zero-order valence-electron chi connectivity index (χ0n) is 16.6. The van der Waals surface area contributed by atoms with E-state index in [2.05, 4.69) is 20.4 Å². The molecular weight excluding hydrogens is 433 g/mol. The lowest BCUT2D eigenvalue weighted by Crippen LogP contribution is -2.32. The van der Waals surface area contributed by atoms with Crippen LogP contribution in [-0.2, 0) is 11.8 Å². The summed E-state index contributed by atoms with van der Waals surface area (Å²) in [6, 6.07) is -0.299. The van der Waals surface area contributed by atoms with E-state index in [1.54, 1.807) is 13.2 Å². The van der Waals surface area contributed by atoms with E-state index >= 15 is 0 Å². The van der Waals surface area contributed by atoms with Crippen LogP contribution in [-0.4, -0.2) is 51.1 Å². The number of nitrogens with one attached hydrogen (secondary N) is 1. The van der Waals surface area contributed by atoms with Gasteiger partial charge in [0.2, 0.25) is 0 Å². The Labute approximate surface area is 180 Å². The Kier molecular flexibility index (Phi) is 7.71. The number of carbonyl (C=O) groups is 1. The van der Waals surface area contributed by atoms with Crippen molar-refractivity contribution in [1.82, 2.24) is 19.7 Å². The van der Waals surface area contributed by atoms with Gasteiger partial charge in [-0.3, -0.25) is 14.5 Å². The summed E-state index contributed by atoms with van der Waals surface area (Å²) in [5.74, 6) is -2.13. The summed E-state index contributed by atoms with van der Waals surface area (Å²) in [4.78, 5) is 19.4. The largest absolute Gasteiger partial charge is 0.378 e. The highest BCUT2D eigenvalue weighted by atomic mass is 32.1. The van der Waals surface area contributed by atoms with E-state index in [0.717, 1.165) is 36.6 Å². The molecule has 8 nitrogen and oxygen atoms in total. The maximum absolute atomic E-state index is 13.6. The molecule has 1 aliphatic heterocycles. The molecule has 1 aliphatic rings. The van der Waals surface area contributed by atoms with Crippen LogP contribution in [0.5, 0.6) is 0 Å². The molecular formula is C19H21F3N6O2S. The van der Waals surface area contributed by atoms with Gasteiger partial charge in [-0.05, 0) is 12.8 Å². The smallest absolute Gasteiger partial charge is 0.275 e. The van der Waals surface area contributed by atoms with Crippen molar-refractivity contribution in [3.63, 3.8) is 0 Å². The monoisotopic (exact) mass is 454 g/mol. The van der Waals surface area contributed by atoms with Gasteiger partial charge in [0.1, 0.15) is 16.9 Å². The number of halogens is 3. The summed E-state index contributed by atoms with van der Waals surface area (Å²) < 4.78 is 46.3. The van der Waals surface area contributed by atoms with Crippen LogP contribution >= 0.6 is 11.3 Å². The number of nitrogens with two attached hydrogens (primary N) is 1. The summed E-state index contributed by atoms with van der Waals surface area (Å²) in [7, 11) is 1.71. The third-order valence-corrected chi connectivity index (χ3v) is 5.19. The number of thiazole rings is 1. The quantitative estimate of drug-likeness (QED) is 0.630. The van der Waals surface area contributed by atoms with E-state index in [0.29, 0.717) is 12.3 Å². The highest BCUT2D eigenvalue weighted by Crippen LogP contribution is 2.28. The normalized spacial score (nSPS) is 18.6. The Morgan fingerprint density at radius 2 is 2.06 bits per heavy atom. The second kappa shape index (κ2) is 10.5. The van der Waals surface area contributed by atoms with Crippen molar-refractivity contribution in [2.45, 2.75) is 25.1 Å². The van der Waals surface area contributed by atoms with Gasteiger partial charge >= 0.3 is 0 Å². The molecule has 1 fully saturated rings. The Morgan fingerprint density at radius 3 is 2.74 bits per heavy atom. The standard InChI is InChI=1S/C13H9F2N5OS.C6H12FNO/c1-20-5-7(2-17-20)18-12(21)10-6-22-13(19-10)11-8(14)3-16-4-9(11)15;7-5-4-9-3-1-2-6(5)8/h2-6H,1H3,(H,18,21);5-6H,1-4,8H2. The summed E-state index contributed by atoms with van der Waals surface area (Å²) in [6.45, 7) is 0.843. The van der Waals surface area contributed by atoms with Gasteiger partial charge in [-0.15, -0.1) is 11.3 Å². The highest BCUT2D eigenvalue weighted by Gasteiger charge is 2.19. The van der Waals surface area contributed by atoms with Crippen LogP contribution in [0.25, 0.3) is 10.6 Å². The van der Waals surface area contributed by atoms with Crippen LogP contribution < -0.4 is 11.1 Å². The molecule has 3 aromatic heterocycles. The second-order valence-corrected chi connectivity index (χ2v) is 7.63.